The molecule has 1 saturated carbocycles. The summed E-state index contributed by atoms with van der Waals surface area (Å²) in [4.78, 5) is 28.8. The third-order valence-corrected chi connectivity index (χ3v) is 6.97. The lowest BCUT2D eigenvalue weighted by Gasteiger charge is -2.33. The van der Waals surface area contributed by atoms with Crippen LogP contribution in [0.2, 0.25) is 0 Å². The van der Waals surface area contributed by atoms with Gasteiger partial charge in [0, 0.05) is 31.6 Å². The first-order chi connectivity index (χ1) is 17.2. The van der Waals surface area contributed by atoms with Crippen LogP contribution in [-0.4, -0.2) is 45.0 Å². The SMILES string of the molecule is CC.CCc1nc(=O)c(O)c2n1CC(C)N(C)C2=O.FC(F)C1=C/CC(C2CCCCC2)=CC/C=C\1. The Hall–Kier alpha value is -2.77. The third kappa shape index (κ3) is 7.14. The number of hydrogen-bond donors (Lipinski definition) is 1. The van der Waals surface area contributed by atoms with Crippen LogP contribution >= 0.6 is 0 Å². The minimum Gasteiger partial charge on any atom is -0.501 e. The molecule has 0 radical (unpaired) electrons. The maximum absolute atomic E-state index is 12.7. The largest absolute Gasteiger partial charge is 0.501 e. The summed E-state index contributed by atoms with van der Waals surface area (Å²) in [5.41, 5.74) is 0.894. The van der Waals surface area contributed by atoms with Crippen molar-refractivity contribution in [1.29, 1.82) is 0 Å². The number of halogens is 2. The van der Waals surface area contributed by atoms with E-state index in [1.165, 1.54) is 42.6 Å². The van der Waals surface area contributed by atoms with Gasteiger partial charge in [-0.1, -0.05) is 69.9 Å². The molecule has 1 atom stereocenters. The van der Waals surface area contributed by atoms with Crippen LogP contribution in [0.1, 0.15) is 89.0 Å². The molecule has 0 saturated heterocycles. The third-order valence-electron chi connectivity index (χ3n) is 6.97. The summed E-state index contributed by atoms with van der Waals surface area (Å²) in [6, 6.07) is 0.0176. The van der Waals surface area contributed by atoms with Gasteiger partial charge in [0.25, 0.3) is 12.3 Å². The van der Waals surface area contributed by atoms with Crippen molar-refractivity contribution in [2.24, 2.45) is 5.92 Å². The van der Waals surface area contributed by atoms with Crippen LogP contribution in [0, 0.1) is 5.92 Å². The molecule has 6 nitrogen and oxygen atoms in total. The van der Waals surface area contributed by atoms with Crippen molar-refractivity contribution < 1.29 is 18.7 Å². The summed E-state index contributed by atoms with van der Waals surface area (Å²) in [6.45, 7) is 8.32. The number of allylic oxidation sites excluding steroid dienone is 6. The first-order valence-electron chi connectivity index (χ1n) is 13.2. The van der Waals surface area contributed by atoms with Crippen molar-refractivity contribution in [2.45, 2.75) is 98.1 Å². The molecule has 200 valence electrons. The fourth-order valence-electron chi connectivity index (χ4n) is 4.81. The zero-order valence-corrected chi connectivity index (χ0v) is 22.3. The molecule has 0 aromatic carbocycles. The van der Waals surface area contributed by atoms with Crippen molar-refractivity contribution in [3.05, 3.63) is 57.3 Å². The normalized spacial score (nSPS) is 22.5. The number of likely N-dealkylation sites (N-methyl/N-ethyl adjacent to an activating group) is 1. The standard InChI is InChI=1S/C15H20F2.C11H15N3O3.C2H6/c16-15(17)14-9-5-4-8-13(10-11-14)12-6-2-1-3-7-12;1-4-7-12-10(16)9(15)8-11(17)13(3)6(2)5-14(7)8;1-2/h5,8-9,11-12,15H,1-4,6-7,10H2;6,15H,4-5H2,1-3H3;1-2H3/b9-5-,13-8?,14-11+;;. The van der Waals surface area contributed by atoms with Crippen molar-refractivity contribution in [3.63, 3.8) is 0 Å². The summed E-state index contributed by atoms with van der Waals surface area (Å²) in [5.74, 6) is 0.294. The predicted octanol–water partition coefficient (Wildman–Crippen LogP) is 6.05. The topological polar surface area (TPSA) is 75.4 Å². The molecule has 1 aromatic rings. The average molecular weight is 506 g/mol. The number of rotatable bonds is 3. The fourth-order valence-corrected chi connectivity index (χ4v) is 4.81. The monoisotopic (exact) mass is 505 g/mol. The van der Waals surface area contributed by atoms with Gasteiger partial charge in [-0.15, -0.1) is 0 Å². The van der Waals surface area contributed by atoms with Gasteiger partial charge in [0.05, 0.1) is 0 Å². The Balaban J connectivity index is 0.000000237. The molecule has 2 heterocycles. The molecule has 8 heteroatoms. The van der Waals surface area contributed by atoms with E-state index in [9.17, 15) is 23.5 Å². The molecular formula is C28H41F2N3O3. The quantitative estimate of drug-likeness (QED) is 0.508. The van der Waals surface area contributed by atoms with E-state index in [1.807, 2.05) is 33.8 Å². The van der Waals surface area contributed by atoms with E-state index in [0.717, 1.165) is 6.42 Å². The molecule has 1 aromatic heterocycles. The second kappa shape index (κ2) is 14.1. The highest BCUT2D eigenvalue weighted by Crippen LogP contribution is 2.33. The van der Waals surface area contributed by atoms with E-state index < -0.39 is 17.7 Å². The molecular weight excluding hydrogens is 464 g/mol. The summed E-state index contributed by atoms with van der Waals surface area (Å²) in [5, 5.41) is 9.69. The van der Waals surface area contributed by atoms with Gasteiger partial charge >= 0.3 is 5.56 Å². The molecule has 1 unspecified atom stereocenters. The lowest BCUT2D eigenvalue weighted by molar-refractivity contribution is 0.0662. The molecule has 36 heavy (non-hydrogen) atoms. The van der Waals surface area contributed by atoms with E-state index >= 15 is 0 Å². The van der Waals surface area contributed by atoms with Crippen LogP contribution in [0.25, 0.3) is 0 Å². The fraction of sp³-hybridized carbons (Fsp3) is 0.607. The minimum atomic E-state index is -2.34. The van der Waals surface area contributed by atoms with Gasteiger partial charge < -0.3 is 14.6 Å². The van der Waals surface area contributed by atoms with Gasteiger partial charge in [0.2, 0.25) is 5.75 Å². The second-order valence-electron chi connectivity index (χ2n) is 9.22. The summed E-state index contributed by atoms with van der Waals surface area (Å²) < 4.78 is 27.0. The molecule has 0 spiro atoms. The van der Waals surface area contributed by atoms with E-state index in [0.29, 0.717) is 31.1 Å². The van der Waals surface area contributed by atoms with Gasteiger partial charge in [-0.3, -0.25) is 9.59 Å². The number of nitrogens with zero attached hydrogens (tertiary/aromatic N) is 3. The Labute approximate surface area is 213 Å². The summed E-state index contributed by atoms with van der Waals surface area (Å²) in [7, 11) is 1.66. The van der Waals surface area contributed by atoms with Crippen LogP contribution < -0.4 is 5.56 Å². The number of carbonyl (C=O) groups is 1. The number of aryl methyl sites for hydroxylation is 1. The molecule has 1 fully saturated rings. The minimum absolute atomic E-state index is 0.0176. The molecule has 0 bridgehead atoms. The predicted molar refractivity (Wildman–Crippen MR) is 140 cm³/mol. The van der Waals surface area contributed by atoms with Crippen LogP contribution in [0.15, 0.2) is 40.2 Å². The highest BCUT2D eigenvalue weighted by atomic mass is 19.3. The highest BCUT2D eigenvalue weighted by Gasteiger charge is 2.32. The number of carbonyl (C=O) groups excluding carboxylic acids is 1. The Kier molecular flexibility index (Phi) is 11.5. The van der Waals surface area contributed by atoms with Gasteiger partial charge in [0.15, 0.2) is 5.69 Å². The molecule has 1 N–H and O–H groups in total. The first kappa shape index (κ1) is 29.5. The van der Waals surface area contributed by atoms with E-state index in [-0.39, 0.29) is 23.2 Å². The zero-order chi connectivity index (χ0) is 26.8. The van der Waals surface area contributed by atoms with E-state index in [2.05, 4.69) is 11.1 Å². The molecule has 4 rings (SSSR count). The molecule has 1 amide bonds. The van der Waals surface area contributed by atoms with Gasteiger partial charge in [-0.2, -0.15) is 4.98 Å². The Morgan fingerprint density at radius 3 is 2.42 bits per heavy atom. The Morgan fingerprint density at radius 1 is 1.14 bits per heavy atom. The van der Waals surface area contributed by atoms with Crippen molar-refractivity contribution in [1.82, 2.24) is 14.5 Å². The number of amides is 1. The highest BCUT2D eigenvalue weighted by molar-refractivity contribution is 5.95. The van der Waals surface area contributed by atoms with Crippen molar-refractivity contribution >= 4 is 5.91 Å². The maximum Gasteiger partial charge on any atom is 0.315 e. The van der Waals surface area contributed by atoms with Crippen molar-refractivity contribution in [3.8, 4) is 5.75 Å². The van der Waals surface area contributed by atoms with Crippen molar-refractivity contribution in [2.75, 3.05) is 7.05 Å². The molecule has 3 aliphatic rings. The van der Waals surface area contributed by atoms with Crippen LogP contribution in [0.5, 0.6) is 5.75 Å². The van der Waals surface area contributed by atoms with E-state index in [1.54, 1.807) is 23.8 Å². The number of aromatic hydroxyl groups is 1. The smallest absolute Gasteiger partial charge is 0.315 e. The number of hydrogen-bond acceptors (Lipinski definition) is 4. The Morgan fingerprint density at radius 2 is 1.81 bits per heavy atom. The second-order valence-corrected chi connectivity index (χ2v) is 9.22. The maximum atomic E-state index is 12.7. The number of aromatic nitrogens is 2. The lowest BCUT2D eigenvalue weighted by Crippen LogP contribution is -2.46. The van der Waals surface area contributed by atoms with Crippen LogP contribution in [0.4, 0.5) is 8.78 Å². The molecule has 2 aliphatic carbocycles. The number of fused-ring (bicyclic) bond motifs is 1. The van der Waals surface area contributed by atoms with E-state index in [4.69, 9.17) is 0 Å². The van der Waals surface area contributed by atoms with Gasteiger partial charge in [-0.05, 0) is 38.5 Å². The summed E-state index contributed by atoms with van der Waals surface area (Å²) in [6.07, 6.45) is 13.5. The zero-order valence-electron chi connectivity index (χ0n) is 22.3. The average Bonchev–Trinajstić information content (AvgIpc) is 2.86. The molecule has 1 aliphatic heterocycles. The van der Waals surface area contributed by atoms with Gasteiger partial charge in [0.1, 0.15) is 5.82 Å². The summed E-state index contributed by atoms with van der Waals surface area (Å²) >= 11 is 0. The van der Waals surface area contributed by atoms with Gasteiger partial charge in [-0.25, -0.2) is 8.78 Å². The van der Waals surface area contributed by atoms with Crippen LogP contribution in [-0.2, 0) is 13.0 Å². The Bertz CT molecular complexity index is 1040. The number of alkyl halides is 2. The van der Waals surface area contributed by atoms with Crippen LogP contribution in [0.3, 0.4) is 0 Å². The first-order valence-corrected chi connectivity index (χ1v) is 13.2. The lowest BCUT2D eigenvalue weighted by atomic mass is 9.81.